The third kappa shape index (κ3) is 2.47. The molecule has 4 atom stereocenters. The van der Waals surface area contributed by atoms with Gasteiger partial charge in [0.1, 0.15) is 11.5 Å². The highest BCUT2D eigenvalue weighted by atomic mass is 32.3. The molecule has 0 bridgehead atoms. The van der Waals surface area contributed by atoms with Gasteiger partial charge in [-0.05, 0) is 73.1 Å². The Hall–Kier alpha value is -1.40. The lowest BCUT2D eigenvalue weighted by Gasteiger charge is -2.48. The van der Waals surface area contributed by atoms with E-state index in [9.17, 15) is 17.8 Å². The minimum Gasteiger partial charge on any atom is -0.716 e. The van der Waals surface area contributed by atoms with Crippen LogP contribution in [0.3, 0.4) is 0 Å². The molecule has 0 amide bonds. The lowest BCUT2D eigenvalue weighted by molar-refractivity contribution is -0.129. The van der Waals surface area contributed by atoms with Gasteiger partial charge in [-0.1, -0.05) is 13.0 Å². The molecule has 0 spiro atoms. The average Bonchev–Trinajstić information content (AvgIpc) is 2.81. The zero-order valence-electron chi connectivity index (χ0n) is 13.7. The van der Waals surface area contributed by atoms with E-state index in [1.165, 1.54) is 5.56 Å². The van der Waals surface area contributed by atoms with E-state index in [1.807, 2.05) is 6.07 Å². The fourth-order valence-corrected chi connectivity index (χ4v) is 5.84. The van der Waals surface area contributed by atoms with Crippen molar-refractivity contribution in [1.29, 1.82) is 0 Å². The summed E-state index contributed by atoms with van der Waals surface area (Å²) in [5.74, 6) is 1.95. The topological polar surface area (TPSA) is 83.5 Å². The van der Waals surface area contributed by atoms with Crippen molar-refractivity contribution in [2.45, 2.75) is 51.4 Å². The Kier molecular flexibility index (Phi) is 3.55. The van der Waals surface area contributed by atoms with E-state index in [0.717, 1.165) is 37.7 Å². The van der Waals surface area contributed by atoms with Gasteiger partial charge in [0.25, 0.3) is 10.4 Å². The molecule has 1 aromatic carbocycles. The lowest BCUT2D eigenvalue weighted by atomic mass is 9.55. The zero-order chi connectivity index (χ0) is 17.1. The number of Topliss-reactive ketones (excluding diaryl/α,β-unsaturated/α-hetero) is 1. The van der Waals surface area contributed by atoms with Crippen molar-refractivity contribution < 1.29 is 21.9 Å². The van der Waals surface area contributed by atoms with E-state index < -0.39 is 10.4 Å². The number of ketones is 1. The summed E-state index contributed by atoms with van der Waals surface area (Å²) in [4.78, 5) is 12.3. The van der Waals surface area contributed by atoms with Crippen LogP contribution in [0.15, 0.2) is 18.2 Å². The van der Waals surface area contributed by atoms with Gasteiger partial charge < -0.3 is 8.74 Å². The smallest absolute Gasteiger partial charge is 0.262 e. The molecule has 0 N–H and O–H groups in total. The number of hydrogen-bond donors (Lipinski definition) is 0. The third-order valence-electron chi connectivity index (χ3n) is 6.61. The largest absolute Gasteiger partial charge is 0.716 e. The first-order chi connectivity index (χ1) is 11.3. The molecule has 0 radical (unpaired) electrons. The van der Waals surface area contributed by atoms with Gasteiger partial charge in [-0.2, -0.15) is 0 Å². The maximum Gasteiger partial charge on any atom is 0.262 e. The summed E-state index contributed by atoms with van der Waals surface area (Å²) in [5.41, 5.74) is 2.17. The maximum atomic E-state index is 12.3. The average molecular weight is 349 g/mol. The van der Waals surface area contributed by atoms with Crippen molar-refractivity contribution in [3.05, 3.63) is 29.3 Å². The molecule has 3 aliphatic rings. The van der Waals surface area contributed by atoms with Crippen LogP contribution in [0, 0.1) is 17.3 Å². The minimum absolute atomic E-state index is 0.0962. The Morgan fingerprint density at radius 2 is 2.00 bits per heavy atom. The monoisotopic (exact) mass is 349 g/mol. The number of carbonyl (C=O) groups is 1. The van der Waals surface area contributed by atoms with E-state index in [-0.39, 0.29) is 11.2 Å². The van der Waals surface area contributed by atoms with Crippen LogP contribution >= 0.6 is 0 Å². The highest BCUT2D eigenvalue weighted by Gasteiger charge is 2.54. The minimum atomic E-state index is -4.74. The van der Waals surface area contributed by atoms with Crippen LogP contribution in [0.2, 0.25) is 0 Å². The fourth-order valence-electron chi connectivity index (χ4n) is 5.50. The predicted molar refractivity (Wildman–Crippen MR) is 86.4 cm³/mol. The second-order valence-corrected chi connectivity index (χ2v) is 8.67. The van der Waals surface area contributed by atoms with E-state index in [0.29, 0.717) is 30.0 Å². The zero-order valence-corrected chi connectivity index (χ0v) is 14.5. The SMILES string of the molecule is C[C@@]12CC[C@@H]3c4ccc(OS(=O)(=O)[O-])cc4CC[C@@H]3[C@@H]1CCC2=O. The lowest BCUT2D eigenvalue weighted by Crippen LogP contribution is -2.42. The van der Waals surface area contributed by atoms with E-state index in [1.54, 1.807) is 12.1 Å². The summed E-state index contributed by atoms with van der Waals surface area (Å²) >= 11 is 0. The Morgan fingerprint density at radius 3 is 2.75 bits per heavy atom. The Balaban J connectivity index is 1.65. The summed E-state index contributed by atoms with van der Waals surface area (Å²) in [5, 5.41) is 0. The summed E-state index contributed by atoms with van der Waals surface area (Å²) in [6, 6.07) is 5.17. The van der Waals surface area contributed by atoms with Crippen LogP contribution in [0.4, 0.5) is 0 Å². The molecule has 2 saturated carbocycles. The maximum absolute atomic E-state index is 12.3. The molecule has 5 nitrogen and oxygen atoms in total. The number of carbonyl (C=O) groups excluding carboxylic acids is 1. The fraction of sp³-hybridized carbons (Fsp3) is 0.611. The van der Waals surface area contributed by atoms with Gasteiger partial charge in [-0.3, -0.25) is 4.79 Å². The molecule has 2 fully saturated rings. The molecule has 130 valence electrons. The molecular weight excluding hydrogens is 328 g/mol. The van der Waals surface area contributed by atoms with Crippen molar-refractivity contribution in [1.82, 2.24) is 0 Å². The molecule has 1 aromatic rings. The Morgan fingerprint density at radius 1 is 1.21 bits per heavy atom. The van der Waals surface area contributed by atoms with Gasteiger partial charge >= 0.3 is 0 Å². The molecule has 6 heteroatoms. The van der Waals surface area contributed by atoms with E-state index in [4.69, 9.17) is 0 Å². The molecule has 0 unspecified atom stereocenters. The van der Waals surface area contributed by atoms with Crippen molar-refractivity contribution in [3.63, 3.8) is 0 Å². The third-order valence-corrected chi connectivity index (χ3v) is 7.00. The molecule has 3 aliphatic carbocycles. The van der Waals surface area contributed by atoms with Crippen LogP contribution < -0.4 is 4.18 Å². The van der Waals surface area contributed by atoms with Crippen LogP contribution in [-0.2, 0) is 21.6 Å². The molecule has 24 heavy (non-hydrogen) atoms. The second-order valence-electron chi connectivity index (χ2n) is 7.69. The molecule has 0 aromatic heterocycles. The predicted octanol–water partition coefficient (Wildman–Crippen LogP) is 2.95. The van der Waals surface area contributed by atoms with Gasteiger partial charge in [0.2, 0.25) is 0 Å². The van der Waals surface area contributed by atoms with Gasteiger partial charge in [0.15, 0.2) is 0 Å². The van der Waals surface area contributed by atoms with Gasteiger partial charge in [0.05, 0.1) is 0 Å². The van der Waals surface area contributed by atoms with Crippen molar-refractivity contribution >= 4 is 16.2 Å². The number of hydrogen-bond acceptors (Lipinski definition) is 5. The normalized spacial score (nSPS) is 35.1. The molecule has 4 rings (SSSR count). The summed E-state index contributed by atoms with van der Waals surface area (Å²) in [6.45, 7) is 2.15. The summed E-state index contributed by atoms with van der Waals surface area (Å²) in [6.07, 6.45) is 5.50. The van der Waals surface area contributed by atoms with Crippen molar-refractivity contribution in [2.24, 2.45) is 17.3 Å². The summed E-state index contributed by atoms with van der Waals surface area (Å²) in [7, 11) is -4.74. The molecular formula is C18H21O5S-. The molecule has 0 heterocycles. The van der Waals surface area contributed by atoms with Crippen LogP contribution in [0.1, 0.15) is 56.1 Å². The Bertz CT molecular complexity index is 800. The van der Waals surface area contributed by atoms with Gasteiger partial charge in [-0.15, -0.1) is 0 Å². The molecule has 0 saturated heterocycles. The first-order valence-corrected chi connectivity index (χ1v) is 9.93. The highest BCUT2D eigenvalue weighted by molar-refractivity contribution is 7.81. The number of benzene rings is 1. The number of aryl methyl sites for hydroxylation is 1. The quantitative estimate of drug-likeness (QED) is 0.605. The van der Waals surface area contributed by atoms with Crippen molar-refractivity contribution in [3.8, 4) is 5.75 Å². The second kappa shape index (κ2) is 5.30. The van der Waals surface area contributed by atoms with Crippen LogP contribution in [0.5, 0.6) is 5.75 Å². The van der Waals surface area contributed by atoms with Crippen molar-refractivity contribution in [2.75, 3.05) is 0 Å². The Labute approximate surface area is 142 Å². The highest BCUT2D eigenvalue weighted by Crippen LogP contribution is 2.59. The summed E-state index contributed by atoms with van der Waals surface area (Å²) < 4.78 is 36.8. The standard InChI is InChI=1S/C18H22O5S/c1-18-9-8-14-13-5-3-12(23-24(20,21)22)10-11(13)2-4-15(14)16(18)6-7-17(18)19/h3,5,10,14-16H,2,4,6-9H2,1H3,(H,20,21,22)/p-1/t14-,15+,16+,18-/m1/s1. The van der Waals surface area contributed by atoms with Crippen LogP contribution in [0.25, 0.3) is 0 Å². The van der Waals surface area contributed by atoms with E-state index >= 15 is 0 Å². The van der Waals surface area contributed by atoms with Gasteiger partial charge in [0, 0.05) is 11.8 Å². The first kappa shape index (κ1) is 16.1. The van der Waals surface area contributed by atoms with E-state index in [2.05, 4.69) is 11.1 Å². The number of fused-ring (bicyclic) bond motifs is 5. The first-order valence-electron chi connectivity index (χ1n) is 8.59. The molecule has 0 aliphatic heterocycles. The van der Waals surface area contributed by atoms with Crippen LogP contribution in [-0.4, -0.2) is 18.8 Å². The van der Waals surface area contributed by atoms with Gasteiger partial charge in [-0.25, -0.2) is 8.42 Å². The number of rotatable bonds is 2.